The number of ether oxygens (including phenoxy) is 5. The average molecular weight is 1090 g/mol. The van der Waals surface area contributed by atoms with Crippen molar-refractivity contribution < 1.29 is 67.8 Å². The van der Waals surface area contributed by atoms with Gasteiger partial charge >= 0.3 is 5.97 Å². The molecule has 4 fully saturated rings. The SMILES string of the molecule is CO[C@H]1C[C@@H]2CC[C@@H](C)[C@@](O)(O2)C(=O)C(=O)N2CCCC[C@H]2C(=O)O[C@H]([C@H](C)C[C@@H]2CC[C@@H](O)[C@H](OC)C2)CC(=O)[C@H](C)/C=C(\C)[C@@H](O)[C@@H](OC)C(=O)[C@H](C)C[C@H](C)C2CCC(C=C1C)ON2c1c(Cl)cccc1Cl. The van der Waals surface area contributed by atoms with Crippen LogP contribution in [0.2, 0.25) is 10.0 Å². The number of hydrogen-bond acceptors (Lipinski definition) is 15. The first-order valence-electron chi connectivity index (χ1n) is 27.3. The minimum atomic E-state index is -2.49. The zero-order valence-electron chi connectivity index (χ0n) is 45.7. The third-order valence-corrected chi connectivity index (χ3v) is 17.6. The third kappa shape index (κ3) is 14.5. The van der Waals surface area contributed by atoms with Gasteiger partial charge in [-0.1, -0.05) is 76.0 Å². The number of carbonyl (C=O) groups excluding carboxylic acids is 5. The van der Waals surface area contributed by atoms with E-state index in [0.29, 0.717) is 91.9 Å². The van der Waals surface area contributed by atoms with Gasteiger partial charge in [0.2, 0.25) is 5.79 Å². The van der Waals surface area contributed by atoms with Gasteiger partial charge in [0.15, 0.2) is 5.78 Å². The molecule has 75 heavy (non-hydrogen) atoms. The van der Waals surface area contributed by atoms with Gasteiger partial charge in [-0.25, -0.2) is 9.86 Å². The molecule has 4 bridgehead atoms. The minimum Gasteiger partial charge on any atom is -0.460 e. The molecule has 1 amide bonds. The Morgan fingerprint density at radius 2 is 1.53 bits per heavy atom. The average Bonchev–Trinajstić information content (AvgIpc) is 3.38. The Bertz CT molecular complexity index is 2210. The molecule has 0 spiro atoms. The smallest absolute Gasteiger partial charge is 0.329 e. The molecule has 18 heteroatoms. The van der Waals surface area contributed by atoms with Crippen LogP contribution in [0.3, 0.4) is 0 Å². The highest BCUT2D eigenvalue weighted by molar-refractivity contribution is 6.39. The highest BCUT2D eigenvalue weighted by Crippen LogP contribution is 2.43. The highest BCUT2D eigenvalue weighted by Gasteiger charge is 2.53. The van der Waals surface area contributed by atoms with Crippen LogP contribution in [0.5, 0.6) is 0 Å². The van der Waals surface area contributed by atoms with Crippen molar-refractivity contribution in [3.63, 3.8) is 0 Å². The second kappa shape index (κ2) is 27.0. The molecule has 17 atom stereocenters. The van der Waals surface area contributed by atoms with Crippen LogP contribution in [0.25, 0.3) is 0 Å². The van der Waals surface area contributed by atoms with Crippen LogP contribution < -0.4 is 5.06 Å². The van der Waals surface area contributed by atoms with E-state index in [4.69, 9.17) is 51.7 Å². The minimum absolute atomic E-state index is 0.0616. The van der Waals surface area contributed by atoms with Crippen LogP contribution in [0.1, 0.15) is 138 Å². The van der Waals surface area contributed by atoms with Gasteiger partial charge in [0.05, 0.1) is 40.5 Å². The number of nitrogens with zero attached hydrogens (tertiary/aromatic N) is 2. The number of halogens is 2. The number of ketones is 3. The maximum absolute atomic E-state index is 14.5. The van der Waals surface area contributed by atoms with Crippen molar-refractivity contribution in [2.75, 3.05) is 32.9 Å². The lowest BCUT2D eigenvalue weighted by molar-refractivity contribution is -0.265. The van der Waals surface area contributed by atoms with E-state index in [1.165, 1.54) is 12.0 Å². The molecule has 6 aliphatic rings. The first-order valence-corrected chi connectivity index (χ1v) is 28.0. The van der Waals surface area contributed by atoms with Crippen molar-refractivity contribution in [3.05, 3.63) is 51.5 Å². The van der Waals surface area contributed by atoms with Crippen molar-refractivity contribution >= 4 is 58.1 Å². The monoisotopic (exact) mass is 1090 g/mol. The Kier molecular flexibility index (Phi) is 22.0. The fourth-order valence-corrected chi connectivity index (χ4v) is 12.8. The number of carbonyl (C=O) groups is 5. The van der Waals surface area contributed by atoms with Crippen molar-refractivity contribution in [1.82, 2.24) is 4.90 Å². The Morgan fingerprint density at radius 1 is 0.827 bits per heavy atom. The second-order valence-electron chi connectivity index (χ2n) is 22.5. The first-order chi connectivity index (χ1) is 35.5. The van der Waals surface area contributed by atoms with Gasteiger partial charge in [-0.05, 0) is 132 Å². The number of hydrogen-bond donors (Lipinski definition) is 3. The van der Waals surface area contributed by atoms with Gasteiger partial charge in [-0.3, -0.25) is 24.0 Å². The molecule has 5 heterocycles. The zero-order valence-corrected chi connectivity index (χ0v) is 47.2. The number of rotatable bonds is 7. The largest absolute Gasteiger partial charge is 0.460 e. The molecule has 3 N–H and O–H groups in total. The van der Waals surface area contributed by atoms with E-state index in [1.54, 1.807) is 64.3 Å². The number of piperidine rings is 1. The number of methoxy groups -OCH3 is 3. The first kappa shape index (κ1) is 60.9. The highest BCUT2D eigenvalue weighted by atomic mass is 35.5. The van der Waals surface area contributed by atoms with E-state index in [0.717, 1.165) is 5.57 Å². The predicted molar refractivity (Wildman–Crippen MR) is 284 cm³/mol. The lowest BCUT2D eigenvalue weighted by Gasteiger charge is -2.44. The number of fused-ring (bicyclic) bond motifs is 17. The summed E-state index contributed by atoms with van der Waals surface area (Å²) < 4.78 is 29.9. The van der Waals surface area contributed by atoms with Crippen LogP contribution in [0.15, 0.2) is 41.5 Å². The number of anilines is 1. The molecular formula is C57H84Cl2N2O14. The summed E-state index contributed by atoms with van der Waals surface area (Å²) >= 11 is 13.7. The summed E-state index contributed by atoms with van der Waals surface area (Å²) in [4.78, 5) is 80.0. The zero-order chi connectivity index (χ0) is 55.1. The van der Waals surface area contributed by atoms with Crippen molar-refractivity contribution in [1.29, 1.82) is 0 Å². The number of benzene rings is 1. The van der Waals surface area contributed by atoms with E-state index in [2.05, 4.69) is 0 Å². The Labute approximate surface area is 454 Å². The van der Waals surface area contributed by atoms with Crippen LogP contribution in [0.4, 0.5) is 5.69 Å². The van der Waals surface area contributed by atoms with E-state index < -0.39 is 90.0 Å². The second-order valence-corrected chi connectivity index (χ2v) is 23.3. The molecule has 3 saturated heterocycles. The number of hydroxylamine groups is 1. The Hall–Kier alpha value is -3.29. The number of para-hydroxylation sites is 1. The van der Waals surface area contributed by atoms with Crippen LogP contribution in [-0.4, -0.2) is 144 Å². The Balaban J connectivity index is 1.36. The lowest BCUT2D eigenvalue weighted by atomic mass is 9.78. The molecule has 0 aromatic heterocycles. The Morgan fingerprint density at radius 3 is 2.20 bits per heavy atom. The fraction of sp³-hybridized carbons (Fsp3) is 0.737. The maximum atomic E-state index is 14.5. The summed E-state index contributed by atoms with van der Waals surface area (Å²) in [7, 11) is 4.50. The van der Waals surface area contributed by atoms with Gasteiger partial charge in [0.1, 0.15) is 41.9 Å². The van der Waals surface area contributed by atoms with Crippen molar-refractivity contribution in [3.8, 4) is 0 Å². The number of allylic oxidation sites excluding steroid dienone is 1. The van der Waals surface area contributed by atoms with Gasteiger partial charge in [0, 0.05) is 58.5 Å². The number of amides is 1. The van der Waals surface area contributed by atoms with E-state index >= 15 is 0 Å². The van der Waals surface area contributed by atoms with E-state index in [9.17, 15) is 39.3 Å². The molecule has 1 aromatic rings. The molecular weight excluding hydrogens is 1010 g/mol. The topological polar surface area (TPSA) is 208 Å². The quantitative estimate of drug-likeness (QED) is 0.133. The summed E-state index contributed by atoms with van der Waals surface area (Å²) in [6.45, 7) is 12.7. The number of Topliss-reactive ketones (excluding diaryl/α,β-unsaturated/α-hetero) is 3. The molecule has 2 unspecified atom stereocenters. The number of aliphatic hydroxyl groups is 3. The van der Waals surface area contributed by atoms with Gasteiger partial charge in [-0.2, -0.15) is 0 Å². The summed E-state index contributed by atoms with van der Waals surface area (Å²) in [6, 6.07) is 3.77. The molecule has 5 aliphatic heterocycles. The van der Waals surface area contributed by atoms with E-state index in [-0.39, 0.29) is 67.3 Å². The standard InChI is InChI=1S/C57H84Cl2N2O14/c1-31-24-35(5)51(64)53(72-10)52(65)36(6)25-32(2)46(63)30-48(33(3)26-38-18-22-45(62)49(28-38)71-9)73-56(68)44-16-11-12-23-60(44)55(67)54(66)57(69)37(7)17-19-39(74-57)29-47(70-8)34(4)27-40-20-21-43(31)61(75-40)50-41(58)14-13-15-42(50)59/h13-15,25,27,31-33,35,37-40,43-45,47-49,52-53,62,65,69H,11-12,16-24,26,28-30H2,1-10H3/b34-27?,36-25+/t31-,32+,33+,35+,37+,38-,39-,40?,43?,44-,45+,47-,48-,49+,52+,53-,57+/m0/s1. The summed E-state index contributed by atoms with van der Waals surface area (Å²) in [5.74, 6) is -8.64. The molecule has 1 aliphatic carbocycles. The molecule has 16 nitrogen and oxygen atoms in total. The fourth-order valence-electron chi connectivity index (χ4n) is 12.2. The van der Waals surface area contributed by atoms with Crippen molar-refractivity contribution in [2.24, 2.45) is 35.5 Å². The predicted octanol–water partition coefficient (Wildman–Crippen LogP) is 8.34. The van der Waals surface area contributed by atoms with Crippen molar-refractivity contribution in [2.45, 2.75) is 205 Å². The van der Waals surface area contributed by atoms with Crippen LogP contribution in [0, 0.1) is 35.5 Å². The molecule has 7 rings (SSSR count). The normalized spacial score (nSPS) is 38.1. The summed E-state index contributed by atoms with van der Waals surface area (Å²) in [5, 5.41) is 37.0. The summed E-state index contributed by atoms with van der Waals surface area (Å²) in [5.41, 5.74) is 1.64. The molecule has 420 valence electrons. The molecule has 0 radical (unpaired) electrons. The lowest BCUT2D eigenvalue weighted by Crippen LogP contribution is -2.61. The van der Waals surface area contributed by atoms with Gasteiger partial charge in [0.25, 0.3) is 11.7 Å². The van der Waals surface area contributed by atoms with Gasteiger partial charge < -0.3 is 43.9 Å². The van der Waals surface area contributed by atoms with E-state index in [1.807, 2.05) is 33.8 Å². The maximum Gasteiger partial charge on any atom is 0.329 e. The van der Waals surface area contributed by atoms with Gasteiger partial charge in [-0.15, -0.1) is 0 Å². The third-order valence-electron chi connectivity index (χ3n) is 17.0. The van der Waals surface area contributed by atoms with Crippen LogP contribution in [-0.2, 0) is 52.5 Å². The molecule has 1 saturated carbocycles. The number of aliphatic hydroxyl groups excluding tert-OH is 2. The molecule has 1 aromatic carbocycles. The number of esters is 1. The van der Waals surface area contributed by atoms with Crippen LogP contribution >= 0.6 is 23.2 Å². The summed E-state index contributed by atoms with van der Waals surface area (Å²) in [6.07, 6.45) is 3.43.